The van der Waals surface area contributed by atoms with Gasteiger partial charge >= 0.3 is 10.1 Å². The quantitative estimate of drug-likeness (QED) is 0.430. The fourth-order valence-corrected chi connectivity index (χ4v) is 3.47. The number of methoxy groups -OCH3 is 2. The van der Waals surface area contributed by atoms with Gasteiger partial charge < -0.3 is 13.7 Å². The molecule has 0 bridgehead atoms. The highest BCUT2D eigenvalue weighted by Gasteiger charge is 2.15. The lowest BCUT2D eigenvalue weighted by molar-refractivity contribution is 0.394. The lowest BCUT2D eigenvalue weighted by Crippen LogP contribution is -2.09. The third-order valence-corrected chi connectivity index (χ3v) is 5.22. The van der Waals surface area contributed by atoms with Crippen molar-refractivity contribution in [3.05, 3.63) is 83.9 Å². The molecule has 0 aliphatic rings. The van der Waals surface area contributed by atoms with Gasteiger partial charge in [-0.2, -0.15) is 8.42 Å². The highest BCUT2D eigenvalue weighted by Crippen LogP contribution is 2.24. The van der Waals surface area contributed by atoms with Gasteiger partial charge in [0.05, 0.1) is 14.2 Å². The van der Waals surface area contributed by atoms with E-state index in [1.54, 1.807) is 62.8 Å². The van der Waals surface area contributed by atoms with Crippen molar-refractivity contribution in [1.82, 2.24) is 0 Å². The lowest BCUT2D eigenvalue weighted by atomic mass is 10.1. The van der Waals surface area contributed by atoms with Crippen LogP contribution in [0.3, 0.4) is 0 Å². The second kappa shape index (κ2) is 8.63. The number of hydrogen-bond donors (Lipinski definition) is 0. The number of rotatable bonds is 7. The molecule has 3 rings (SSSR count). The standard InChI is InChI=1S/C22H20O5S/c1-25-20-14-18(15-21(16-20)26-2)9-8-17-10-12-19(13-11-17)27-28(23,24)22-6-4-3-5-7-22/h3-16H,1-2H3. The molecule has 0 spiro atoms. The summed E-state index contributed by atoms with van der Waals surface area (Å²) in [6.07, 6.45) is 3.82. The van der Waals surface area contributed by atoms with Crippen LogP contribution in [0.5, 0.6) is 17.2 Å². The molecule has 0 atom stereocenters. The van der Waals surface area contributed by atoms with Crippen LogP contribution in [-0.2, 0) is 10.1 Å². The van der Waals surface area contributed by atoms with Gasteiger partial charge in [-0.15, -0.1) is 0 Å². The molecule has 0 fully saturated rings. The summed E-state index contributed by atoms with van der Waals surface area (Å²) in [5, 5.41) is 0. The van der Waals surface area contributed by atoms with Gasteiger partial charge in [-0.05, 0) is 47.5 Å². The molecule has 0 amide bonds. The van der Waals surface area contributed by atoms with Crippen LogP contribution in [0.15, 0.2) is 77.7 Å². The molecule has 0 saturated carbocycles. The van der Waals surface area contributed by atoms with E-state index in [0.29, 0.717) is 11.5 Å². The highest BCUT2D eigenvalue weighted by atomic mass is 32.2. The molecular formula is C22H20O5S. The second-order valence-electron chi connectivity index (χ2n) is 5.90. The molecule has 0 unspecified atom stereocenters. The Kier molecular flexibility index (Phi) is 6.01. The third kappa shape index (κ3) is 4.92. The van der Waals surface area contributed by atoms with Crippen LogP contribution in [0.1, 0.15) is 11.1 Å². The van der Waals surface area contributed by atoms with Crippen LogP contribution in [0.25, 0.3) is 12.2 Å². The first-order chi connectivity index (χ1) is 13.5. The summed E-state index contributed by atoms with van der Waals surface area (Å²) in [6, 6.07) is 20.4. The van der Waals surface area contributed by atoms with Gasteiger partial charge in [-0.3, -0.25) is 0 Å². The topological polar surface area (TPSA) is 61.8 Å². The van der Waals surface area contributed by atoms with E-state index in [2.05, 4.69) is 0 Å². The molecule has 0 aromatic heterocycles. The molecule has 0 heterocycles. The average Bonchev–Trinajstić information content (AvgIpc) is 2.73. The van der Waals surface area contributed by atoms with Gasteiger partial charge in [0.25, 0.3) is 0 Å². The van der Waals surface area contributed by atoms with Crippen molar-refractivity contribution in [2.75, 3.05) is 14.2 Å². The maximum Gasteiger partial charge on any atom is 0.339 e. The second-order valence-corrected chi connectivity index (χ2v) is 7.45. The molecule has 0 saturated heterocycles. The van der Waals surface area contributed by atoms with Gasteiger partial charge in [-0.25, -0.2) is 0 Å². The van der Waals surface area contributed by atoms with E-state index in [4.69, 9.17) is 13.7 Å². The van der Waals surface area contributed by atoms with Crippen LogP contribution >= 0.6 is 0 Å². The Labute approximate surface area is 164 Å². The van der Waals surface area contributed by atoms with Gasteiger partial charge in [0.1, 0.15) is 22.1 Å². The van der Waals surface area contributed by atoms with Crippen LogP contribution in [0.4, 0.5) is 0 Å². The number of benzene rings is 3. The summed E-state index contributed by atoms with van der Waals surface area (Å²) in [5.41, 5.74) is 1.81. The molecule has 0 radical (unpaired) electrons. The Balaban J connectivity index is 1.74. The molecule has 0 aliphatic carbocycles. The molecule has 3 aromatic rings. The Morgan fingerprint density at radius 3 is 1.82 bits per heavy atom. The summed E-state index contributed by atoms with van der Waals surface area (Å²) in [4.78, 5) is 0.117. The van der Waals surface area contributed by atoms with E-state index in [1.807, 2.05) is 24.3 Å². The first-order valence-corrected chi connectivity index (χ1v) is 9.92. The molecule has 3 aromatic carbocycles. The Hall–Kier alpha value is -3.25. The van der Waals surface area contributed by atoms with Crippen LogP contribution in [-0.4, -0.2) is 22.6 Å². The molecule has 0 aliphatic heterocycles. The van der Waals surface area contributed by atoms with E-state index in [0.717, 1.165) is 11.1 Å². The largest absolute Gasteiger partial charge is 0.497 e. The zero-order chi connectivity index (χ0) is 20.0. The summed E-state index contributed by atoms with van der Waals surface area (Å²) < 4.78 is 40.2. The molecule has 0 N–H and O–H groups in total. The molecule has 144 valence electrons. The van der Waals surface area contributed by atoms with E-state index in [-0.39, 0.29) is 10.6 Å². The zero-order valence-electron chi connectivity index (χ0n) is 15.5. The summed E-state index contributed by atoms with van der Waals surface area (Å²) in [5.74, 6) is 1.66. The fourth-order valence-electron chi connectivity index (χ4n) is 2.51. The van der Waals surface area contributed by atoms with Gasteiger partial charge in [0, 0.05) is 6.07 Å². The maximum atomic E-state index is 12.3. The predicted octanol–water partition coefficient (Wildman–Crippen LogP) is 4.64. The Bertz CT molecular complexity index is 1030. The van der Waals surface area contributed by atoms with Crippen molar-refractivity contribution in [3.8, 4) is 17.2 Å². The van der Waals surface area contributed by atoms with E-state index >= 15 is 0 Å². The summed E-state index contributed by atoms with van der Waals surface area (Å²) >= 11 is 0. The Morgan fingerprint density at radius 2 is 1.25 bits per heavy atom. The minimum Gasteiger partial charge on any atom is -0.497 e. The summed E-state index contributed by atoms with van der Waals surface area (Å²) in [6.45, 7) is 0. The first-order valence-electron chi connectivity index (χ1n) is 8.51. The third-order valence-electron chi connectivity index (χ3n) is 3.96. The van der Waals surface area contributed by atoms with Crippen LogP contribution in [0, 0.1) is 0 Å². The van der Waals surface area contributed by atoms with Crippen molar-refractivity contribution in [2.24, 2.45) is 0 Å². The van der Waals surface area contributed by atoms with Crippen LogP contribution < -0.4 is 13.7 Å². The smallest absolute Gasteiger partial charge is 0.339 e. The normalized spacial score (nSPS) is 11.4. The first kappa shape index (κ1) is 19.5. The minimum absolute atomic E-state index is 0.117. The van der Waals surface area contributed by atoms with E-state index in [1.165, 1.54) is 12.1 Å². The monoisotopic (exact) mass is 396 g/mol. The van der Waals surface area contributed by atoms with E-state index < -0.39 is 10.1 Å². The predicted molar refractivity (Wildman–Crippen MR) is 109 cm³/mol. The fraction of sp³-hybridized carbons (Fsp3) is 0.0909. The molecule has 6 heteroatoms. The van der Waals surface area contributed by atoms with Crippen molar-refractivity contribution >= 4 is 22.3 Å². The maximum absolute atomic E-state index is 12.3. The number of hydrogen-bond acceptors (Lipinski definition) is 5. The molecule has 5 nitrogen and oxygen atoms in total. The zero-order valence-corrected chi connectivity index (χ0v) is 16.3. The molecular weight excluding hydrogens is 376 g/mol. The van der Waals surface area contributed by atoms with Crippen LogP contribution in [0.2, 0.25) is 0 Å². The van der Waals surface area contributed by atoms with Gasteiger partial charge in [-0.1, -0.05) is 42.5 Å². The van der Waals surface area contributed by atoms with Crippen molar-refractivity contribution in [2.45, 2.75) is 4.90 Å². The molecule has 28 heavy (non-hydrogen) atoms. The lowest BCUT2D eigenvalue weighted by Gasteiger charge is -2.07. The SMILES string of the molecule is COc1cc(C=Cc2ccc(OS(=O)(=O)c3ccccc3)cc2)cc(OC)c1. The van der Waals surface area contributed by atoms with Gasteiger partial charge in [0.2, 0.25) is 0 Å². The Morgan fingerprint density at radius 1 is 0.679 bits per heavy atom. The van der Waals surface area contributed by atoms with Gasteiger partial charge in [0.15, 0.2) is 0 Å². The number of ether oxygens (including phenoxy) is 2. The van der Waals surface area contributed by atoms with Crippen molar-refractivity contribution in [3.63, 3.8) is 0 Å². The summed E-state index contributed by atoms with van der Waals surface area (Å²) in [7, 11) is -0.639. The van der Waals surface area contributed by atoms with Crippen molar-refractivity contribution in [1.29, 1.82) is 0 Å². The minimum atomic E-state index is -3.84. The highest BCUT2D eigenvalue weighted by molar-refractivity contribution is 7.87. The van der Waals surface area contributed by atoms with E-state index in [9.17, 15) is 8.42 Å². The average molecular weight is 396 g/mol. The van der Waals surface area contributed by atoms with Crippen molar-refractivity contribution < 1.29 is 22.1 Å².